The summed E-state index contributed by atoms with van der Waals surface area (Å²) >= 11 is 5.69. The minimum Gasteiger partial charge on any atom is -0.476 e. The molecule has 2 heterocycles. The molecular formula is C8H7ClN4O2. The van der Waals surface area contributed by atoms with Crippen LogP contribution in [0.2, 0.25) is 5.02 Å². The molecule has 0 spiro atoms. The van der Waals surface area contributed by atoms with Crippen LogP contribution >= 0.6 is 11.6 Å². The van der Waals surface area contributed by atoms with Gasteiger partial charge in [0.15, 0.2) is 5.69 Å². The Kier molecular flexibility index (Phi) is 2.42. The molecule has 0 aromatic carbocycles. The average Bonchev–Trinajstić information content (AvgIpc) is 2.75. The summed E-state index contributed by atoms with van der Waals surface area (Å²) in [5, 5.41) is 12.7. The van der Waals surface area contributed by atoms with E-state index in [-0.39, 0.29) is 10.7 Å². The first-order chi connectivity index (χ1) is 7.16. The van der Waals surface area contributed by atoms with Crippen LogP contribution in [0.1, 0.15) is 10.5 Å². The Balaban J connectivity index is 2.23. The van der Waals surface area contributed by atoms with Gasteiger partial charge in [-0.05, 0) is 0 Å². The second kappa shape index (κ2) is 3.74. The minimum atomic E-state index is -1.13. The molecule has 15 heavy (non-hydrogen) atoms. The van der Waals surface area contributed by atoms with E-state index in [2.05, 4.69) is 10.1 Å². The van der Waals surface area contributed by atoms with E-state index < -0.39 is 5.97 Å². The van der Waals surface area contributed by atoms with Crippen molar-refractivity contribution in [1.29, 1.82) is 0 Å². The fraction of sp³-hybridized carbons (Fsp3) is 0.125. The summed E-state index contributed by atoms with van der Waals surface area (Å²) in [5.41, 5.74) is -0.142. The molecule has 0 atom stereocenters. The van der Waals surface area contributed by atoms with Crippen molar-refractivity contribution in [1.82, 2.24) is 19.3 Å². The molecule has 2 aromatic heterocycles. The van der Waals surface area contributed by atoms with Crippen molar-refractivity contribution in [3.8, 4) is 0 Å². The van der Waals surface area contributed by atoms with Gasteiger partial charge in [-0.3, -0.25) is 4.68 Å². The summed E-state index contributed by atoms with van der Waals surface area (Å²) in [6.07, 6.45) is 6.44. The first kappa shape index (κ1) is 9.72. The normalized spacial score (nSPS) is 10.5. The van der Waals surface area contributed by atoms with Crippen LogP contribution in [0.5, 0.6) is 0 Å². The number of aromatic nitrogens is 4. The Hall–Kier alpha value is -1.82. The molecule has 0 fully saturated rings. The predicted molar refractivity (Wildman–Crippen MR) is 51.8 cm³/mol. The summed E-state index contributed by atoms with van der Waals surface area (Å²) in [7, 11) is 0. The van der Waals surface area contributed by atoms with Gasteiger partial charge in [0.1, 0.15) is 6.67 Å². The fourth-order valence-electron chi connectivity index (χ4n) is 1.15. The third-order valence-electron chi connectivity index (χ3n) is 1.79. The molecule has 0 radical (unpaired) electrons. The van der Waals surface area contributed by atoms with Crippen LogP contribution in [0.3, 0.4) is 0 Å². The standard InChI is InChI=1S/C8H7ClN4O2/c9-6-3-13(11-7(6)8(14)15)5-12-2-1-10-4-12/h1-4H,5H2,(H,14,15). The highest BCUT2D eigenvalue weighted by Gasteiger charge is 2.13. The van der Waals surface area contributed by atoms with Gasteiger partial charge in [0.05, 0.1) is 11.3 Å². The fourth-order valence-corrected chi connectivity index (χ4v) is 1.38. The molecule has 0 saturated carbocycles. The molecule has 0 amide bonds. The van der Waals surface area contributed by atoms with Gasteiger partial charge in [-0.25, -0.2) is 9.78 Å². The Bertz CT molecular complexity index is 477. The molecule has 0 saturated heterocycles. The van der Waals surface area contributed by atoms with E-state index in [1.807, 2.05) is 0 Å². The minimum absolute atomic E-state index is 0.127. The van der Waals surface area contributed by atoms with Crippen LogP contribution in [-0.2, 0) is 6.67 Å². The number of imidazole rings is 1. The van der Waals surface area contributed by atoms with E-state index in [0.29, 0.717) is 6.67 Å². The van der Waals surface area contributed by atoms with E-state index >= 15 is 0 Å². The number of aromatic carboxylic acids is 1. The quantitative estimate of drug-likeness (QED) is 0.845. The molecule has 2 rings (SSSR count). The van der Waals surface area contributed by atoms with Crippen molar-refractivity contribution in [2.75, 3.05) is 0 Å². The van der Waals surface area contributed by atoms with Crippen molar-refractivity contribution >= 4 is 17.6 Å². The van der Waals surface area contributed by atoms with Crippen LogP contribution in [0.15, 0.2) is 24.9 Å². The molecule has 7 heteroatoms. The first-order valence-electron chi connectivity index (χ1n) is 4.09. The molecule has 0 aliphatic carbocycles. The largest absolute Gasteiger partial charge is 0.476 e. The number of carboxylic acids is 1. The van der Waals surface area contributed by atoms with Crippen LogP contribution < -0.4 is 0 Å². The molecule has 78 valence electrons. The monoisotopic (exact) mass is 226 g/mol. The van der Waals surface area contributed by atoms with E-state index in [4.69, 9.17) is 16.7 Å². The predicted octanol–water partition coefficient (Wildman–Crippen LogP) is 0.937. The maximum absolute atomic E-state index is 10.7. The third kappa shape index (κ3) is 1.99. The number of halogens is 1. The molecule has 2 aromatic rings. The highest BCUT2D eigenvalue weighted by Crippen LogP contribution is 2.13. The average molecular weight is 227 g/mol. The zero-order chi connectivity index (χ0) is 10.8. The maximum Gasteiger partial charge on any atom is 0.357 e. The summed E-state index contributed by atoms with van der Waals surface area (Å²) in [6, 6.07) is 0. The molecule has 6 nitrogen and oxygen atoms in total. The van der Waals surface area contributed by atoms with Crippen molar-refractivity contribution in [2.24, 2.45) is 0 Å². The smallest absolute Gasteiger partial charge is 0.357 e. The number of nitrogens with zero attached hydrogens (tertiary/aromatic N) is 4. The van der Waals surface area contributed by atoms with Crippen molar-refractivity contribution in [3.63, 3.8) is 0 Å². The zero-order valence-electron chi connectivity index (χ0n) is 7.54. The van der Waals surface area contributed by atoms with Gasteiger partial charge in [0.25, 0.3) is 0 Å². The Morgan fingerprint density at radius 1 is 1.60 bits per heavy atom. The molecule has 1 N–H and O–H groups in total. The van der Waals surface area contributed by atoms with E-state index in [9.17, 15) is 4.79 Å². The molecule has 0 unspecified atom stereocenters. The molecule has 0 aliphatic heterocycles. The van der Waals surface area contributed by atoms with Gasteiger partial charge in [0.2, 0.25) is 0 Å². The third-order valence-corrected chi connectivity index (χ3v) is 2.06. The molecule has 0 bridgehead atoms. The highest BCUT2D eigenvalue weighted by atomic mass is 35.5. The zero-order valence-corrected chi connectivity index (χ0v) is 8.29. The lowest BCUT2D eigenvalue weighted by atomic mass is 10.4. The van der Waals surface area contributed by atoms with Crippen LogP contribution in [0.25, 0.3) is 0 Å². The SMILES string of the molecule is O=C(O)c1nn(Cn2ccnc2)cc1Cl. The second-order valence-electron chi connectivity index (χ2n) is 2.89. The highest BCUT2D eigenvalue weighted by molar-refractivity contribution is 6.33. The van der Waals surface area contributed by atoms with Gasteiger partial charge in [-0.2, -0.15) is 5.10 Å². The Morgan fingerprint density at radius 2 is 2.40 bits per heavy atom. The number of rotatable bonds is 3. The second-order valence-corrected chi connectivity index (χ2v) is 3.30. The lowest BCUT2D eigenvalue weighted by Crippen LogP contribution is -2.08. The van der Waals surface area contributed by atoms with Crippen molar-refractivity contribution in [2.45, 2.75) is 6.67 Å². The van der Waals surface area contributed by atoms with Crippen molar-refractivity contribution < 1.29 is 9.90 Å². The van der Waals surface area contributed by atoms with Crippen LogP contribution in [0, 0.1) is 0 Å². The van der Waals surface area contributed by atoms with Gasteiger partial charge in [0, 0.05) is 18.6 Å². The van der Waals surface area contributed by atoms with E-state index in [0.717, 1.165) is 0 Å². The summed E-state index contributed by atoms with van der Waals surface area (Å²) in [5.74, 6) is -1.13. The van der Waals surface area contributed by atoms with Crippen LogP contribution in [-0.4, -0.2) is 30.4 Å². The summed E-state index contributed by atoms with van der Waals surface area (Å²) in [6.45, 7) is 0.382. The number of hydrogen-bond acceptors (Lipinski definition) is 3. The topological polar surface area (TPSA) is 72.9 Å². The Morgan fingerprint density at radius 3 is 2.93 bits per heavy atom. The van der Waals surface area contributed by atoms with E-state index in [1.165, 1.54) is 10.9 Å². The lowest BCUT2D eigenvalue weighted by molar-refractivity contribution is 0.0689. The van der Waals surface area contributed by atoms with Gasteiger partial charge >= 0.3 is 5.97 Å². The van der Waals surface area contributed by atoms with E-state index in [1.54, 1.807) is 23.3 Å². The van der Waals surface area contributed by atoms with Crippen molar-refractivity contribution in [3.05, 3.63) is 35.6 Å². The lowest BCUT2D eigenvalue weighted by Gasteiger charge is -2.00. The Labute approximate surface area is 89.7 Å². The van der Waals surface area contributed by atoms with Gasteiger partial charge in [-0.15, -0.1) is 0 Å². The van der Waals surface area contributed by atoms with Crippen LogP contribution in [0.4, 0.5) is 0 Å². The number of hydrogen-bond donors (Lipinski definition) is 1. The van der Waals surface area contributed by atoms with Gasteiger partial charge < -0.3 is 9.67 Å². The maximum atomic E-state index is 10.7. The number of carbonyl (C=O) groups is 1. The first-order valence-corrected chi connectivity index (χ1v) is 4.46. The summed E-state index contributed by atoms with van der Waals surface area (Å²) in [4.78, 5) is 14.5. The molecular weight excluding hydrogens is 220 g/mol. The summed E-state index contributed by atoms with van der Waals surface area (Å²) < 4.78 is 3.18. The van der Waals surface area contributed by atoms with Gasteiger partial charge in [-0.1, -0.05) is 11.6 Å². The molecule has 0 aliphatic rings. The number of carboxylic acid groups (broad SMARTS) is 1.